The molecule has 1 aliphatic rings. The van der Waals surface area contributed by atoms with Crippen LogP contribution in [0.25, 0.3) is 0 Å². The Hall–Kier alpha value is -0.900. The second-order valence-corrected chi connectivity index (χ2v) is 6.31. The second kappa shape index (κ2) is 7.63. The molecule has 1 N–H and O–H groups in total. The molecule has 1 aliphatic heterocycles. The molecule has 0 unspecified atom stereocenters. The van der Waals surface area contributed by atoms with E-state index in [9.17, 15) is 9.59 Å². The molecular weight excluding hydrogens is 240 g/mol. The zero-order valence-electron chi connectivity index (χ0n) is 12.7. The van der Waals surface area contributed by atoms with Gasteiger partial charge < -0.3 is 5.32 Å². The fourth-order valence-electron chi connectivity index (χ4n) is 2.21. The molecule has 0 aliphatic carbocycles. The Balaban J connectivity index is 0.00000361. The van der Waals surface area contributed by atoms with Gasteiger partial charge in [0.25, 0.3) is 0 Å². The van der Waals surface area contributed by atoms with Crippen molar-refractivity contribution < 1.29 is 11.0 Å². The van der Waals surface area contributed by atoms with E-state index in [-0.39, 0.29) is 19.2 Å². The SMILES string of the molecule is CC(C)CNC(=O)C1CCN(CC(=O)C(C)C)CC1.[HH]. The van der Waals surface area contributed by atoms with E-state index >= 15 is 0 Å². The zero-order chi connectivity index (χ0) is 14.4. The lowest BCUT2D eigenvalue weighted by molar-refractivity contribution is -0.127. The zero-order valence-corrected chi connectivity index (χ0v) is 12.7. The average Bonchev–Trinajstić information content (AvgIpc) is 2.36. The van der Waals surface area contributed by atoms with Crippen LogP contribution in [-0.2, 0) is 9.59 Å². The Morgan fingerprint density at radius 2 is 1.79 bits per heavy atom. The molecule has 0 aromatic heterocycles. The lowest BCUT2D eigenvalue weighted by atomic mass is 9.95. The third kappa shape index (κ3) is 5.72. The molecule has 19 heavy (non-hydrogen) atoms. The summed E-state index contributed by atoms with van der Waals surface area (Å²) in [6.07, 6.45) is 1.74. The van der Waals surface area contributed by atoms with Crippen LogP contribution in [0, 0.1) is 17.8 Å². The summed E-state index contributed by atoms with van der Waals surface area (Å²) >= 11 is 0. The minimum Gasteiger partial charge on any atom is -0.356 e. The minimum atomic E-state index is 0. The predicted octanol–water partition coefficient (Wildman–Crippen LogP) is 1.94. The first-order valence-electron chi connectivity index (χ1n) is 7.43. The van der Waals surface area contributed by atoms with E-state index in [2.05, 4.69) is 24.1 Å². The molecule has 0 atom stereocenters. The molecule has 0 aromatic carbocycles. The Morgan fingerprint density at radius 1 is 1.21 bits per heavy atom. The van der Waals surface area contributed by atoms with Crippen molar-refractivity contribution in [3.8, 4) is 0 Å². The third-order valence-electron chi connectivity index (χ3n) is 3.67. The van der Waals surface area contributed by atoms with Crippen LogP contribution < -0.4 is 5.32 Å². The Morgan fingerprint density at radius 3 is 2.26 bits per heavy atom. The molecule has 0 bridgehead atoms. The first-order chi connectivity index (χ1) is 8.90. The van der Waals surface area contributed by atoms with E-state index in [0.717, 1.165) is 32.5 Å². The summed E-state index contributed by atoms with van der Waals surface area (Å²) in [5.41, 5.74) is 0. The van der Waals surface area contributed by atoms with Crippen LogP contribution in [0.4, 0.5) is 0 Å². The number of carbonyl (C=O) groups is 2. The highest BCUT2D eigenvalue weighted by Gasteiger charge is 2.26. The summed E-state index contributed by atoms with van der Waals surface area (Å²) < 4.78 is 0. The normalized spacial score (nSPS) is 18.0. The molecule has 0 spiro atoms. The lowest BCUT2D eigenvalue weighted by Gasteiger charge is -2.31. The molecular formula is C15H30N2O2. The number of nitrogens with one attached hydrogen (secondary N) is 1. The Labute approximate surface area is 118 Å². The van der Waals surface area contributed by atoms with Crippen LogP contribution in [0.1, 0.15) is 42.0 Å². The highest BCUT2D eigenvalue weighted by molar-refractivity contribution is 5.82. The molecule has 4 heteroatoms. The first-order valence-corrected chi connectivity index (χ1v) is 7.43. The van der Waals surface area contributed by atoms with E-state index in [0.29, 0.717) is 18.2 Å². The number of rotatable bonds is 6. The number of nitrogens with zero attached hydrogens (tertiary/aromatic N) is 1. The fraction of sp³-hybridized carbons (Fsp3) is 0.867. The smallest absolute Gasteiger partial charge is 0.223 e. The summed E-state index contributed by atoms with van der Waals surface area (Å²) in [7, 11) is 0. The number of amides is 1. The van der Waals surface area contributed by atoms with Gasteiger partial charge in [-0.25, -0.2) is 0 Å². The minimum absolute atomic E-state index is 0. The van der Waals surface area contributed by atoms with Crippen LogP contribution in [0.15, 0.2) is 0 Å². The average molecular weight is 270 g/mol. The van der Waals surface area contributed by atoms with Crippen molar-refractivity contribution in [1.82, 2.24) is 10.2 Å². The van der Waals surface area contributed by atoms with Crippen molar-refractivity contribution in [3.05, 3.63) is 0 Å². The van der Waals surface area contributed by atoms with Gasteiger partial charge in [0.1, 0.15) is 5.78 Å². The van der Waals surface area contributed by atoms with Crippen molar-refractivity contribution in [2.75, 3.05) is 26.2 Å². The fourth-order valence-corrected chi connectivity index (χ4v) is 2.21. The number of Topliss-reactive ketones (excluding diaryl/α,β-unsaturated/α-hetero) is 1. The molecule has 1 rings (SSSR count). The summed E-state index contributed by atoms with van der Waals surface area (Å²) in [5.74, 6) is 1.20. The van der Waals surface area contributed by atoms with Gasteiger partial charge in [-0.2, -0.15) is 0 Å². The third-order valence-corrected chi connectivity index (χ3v) is 3.67. The van der Waals surface area contributed by atoms with E-state index in [1.165, 1.54) is 0 Å². The van der Waals surface area contributed by atoms with Gasteiger partial charge in [-0.15, -0.1) is 0 Å². The second-order valence-electron chi connectivity index (χ2n) is 6.31. The van der Waals surface area contributed by atoms with Gasteiger partial charge >= 0.3 is 0 Å². The summed E-state index contributed by atoms with van der Waals surface area (Å²) in [6.45, 7) is 11.1. The van der Waals surface area contributed by atoms with Crippen molar-refractivity contribution in [1.29, 1.82) is 0 Å². The quantitative estimate of drug-likeness (QED) is 0.802. The number of piperidine rings is 1. The predicted molar refractivity (Wildman–Crippen MR) is 79.0 cm³/mol. The number of carbonyl (C=O) groups excluding carboxylic acids is 2. The van der Waals surface area contributed by atoms with E-state index in [4.69, 9.17) is 0 Å². The maximum absolute atomic E-state index is 11.9. The highest BCUT2D eigenvalue weighted by atomic mass is 16.2. The molecule has 1 fully saturated rings. The van der Waals surface area contributed by atoms with Crippen LogP contribution in [0.3, 0.4) is 0 Å². The number of likely N-dealkylation sites (tertiary alicyclic amines) is 1. The molecule has 0 aromatic rings. The van der Waals surface area contributed by atoms with Gasteiger partial charge in [-0.05, 0) is 31.8 Å². The first kappa shape index (κ1) is 16.2. The van der Waals surface area contributed by atoms with E-state index in [1.807, 2.05) is 13.8 Å². The molecule has 0 radical (unpaired) electrons. The largest absolute Gasteiger partial charge is 0.356 e. The summed E-state index contributed by atoms with van der Waals surface area (Å²) in [6, 6.07) is 0. The van der Waals surface area contributed by atoms with Crippen molar-refractivity contribution in [2.45, 2.75) is 40.5 Å². The standard InChI is InChI=1S/C15H28N2O2.H2/c1-11(2)9-16-15(19)13-5-7-17(8-6-13)10-14(18)12(3)4;/h11-13H,5-10H2,1-4H3,(H,16,19);1H. The van der Waals surface area contributed by atoms with Gasteiger partial charge in [-0.3, -0.25) is 14.5 Å². The van der Waals surface area contributed by atoms with Gasteiger partial charge in [0.2, 0.25) is 5.91 Å². The van der Waals surface area contributed by atoms with Gasteiger partial charge in [0.15, 0.2) is 0 Å². The molecule has 1 heterocycles. The number of hydrogen-bond acceptors (Lipinski definition) is 3. The molecule has 4 nitrogen and oxygen atoms in total. The summed E-state index contributed by atoms with van der Waals surface area (Å²) in [4.78, 5) is 25.8. The maximum Gasteiger partial charge on any atom is 0.223 e. The van der Waals surface area contributed by atoms with Gasteiger partial charge in [0.05, 0.1) is 6.54 Å². The molecule has 0 saturated carbocycles. The van der Waals surface area contributed by atoms with Crippen LogP contribution >= 0.6 is 0 Å². The number of hydrogen-bond donors (Lipinski definition) is 1. The molecule has 112 valence electrons. The number of ketones is 1. The van der Waals surface area contributed by atoms with Crippen molar-refractivity contribution in [2.24, 2.45) is 17.8 Å². The Kier molecular flexibility index (Phi) is 6.49. The maximum atomic E-state index is 11.9. The van der Waals surface area contributed by atoms with E-state index in [1.54, 1.807) is 0 Å². The van der Waals surface area contributed by atoms with Crippen molar-refractivity contribution in [3.63, 3.8) is 0 Å². The van der Waals surface area contributed by atoms with Crippen molar-refractivity contribution >= 4 is 11.7 Å². The molecule has 1 amide bonds. The van der Waals surface area contributed by atoms with Gasteiger partial charge in [-0.1, -0.05) is 27.7 Å². The summed E-state index contributed by atoms with van der Waals surface area (Å²) in [5, 5.41) is 3.00. The monoisotopic (exact) mass is 270 g/mol. The topological polar surface area (TPSA) is 49.4 Å². The van der Waals surface area contributed by atoms with Gasteiger partial charge in [0, 0.05) is 19.8 Å². The van der Waals surface area contributed by atoms with Crippen LogP contribution in [-0.4, -0.2) is 42.8 Å². The highest BCUT2D eigenvalue weighted by Crippen LogP contribution is 2.17. The van der Waals surface area contributed by atoms with Crippen LogP contribution in [0.2, 0.25) is 0 Å². The molecule has 1 saturated heterocycles. The lowest BCUT2D eigenvalue weighted by Crippen LogP contribution is -2.43. The van der Waals surface area contributed by atoms with Crippen LogP contribution in [0.5, 0.6) is 0 Å². The van der Waals surface area contributed by atoms with E-state index < -0.39 is 0 Å². The Bertz CT molecular complexity index is 311.